The Morgan fingerprint density at radius 3 is 2.83 bits per heavy atom. The summed E-state index contributed by atoms with van der Waals surface area (Å²) in [6.07, 6.45) is 0. The Bertz CT molecular complexity index is 331. The van der Waals surface area contributed by atoms with Crippen molar-refractivity contribution < 1.29 is 10.0 Å². The van der Waals surface area contributed by atoms with Crippen LogP contribution in [0, 0.1) is 6.92 Å². The molecule has 64 valence electrons. The van der Waals surface area contributed by atoms with Crippen LogP contribution in [-0.2, 0) is 4.79 Å². The highest BCUT2D eigenvalue weighted by Gasteiger charge is 2.13. The minimum atomic E-state index is -0.789. The molecule has 0 saturated carbocycles. The van der Waals surface area contributed by atoms with Crippen LogP contribution in [-0.4, -0.2) is 21.8 Å². The first kappa shape index (κ1) is 8.66. The summed E-state index contributed by atoms with van der Waals surface area (Å²) in [4.78, 5) is 14.6. The Morgan fingerprint density at radius 1 is 1.83 bits per heavy atom. The van der Waals surface area contributed by atoms with Crippen LogP contribution in [0.3, 0.4) is 0 Å². The third kappa shape index (κ3) is 1.59. The molecule has 1 heterocycles. The number of nitrogens with zero attached hydrogens (tertiary/aromatic N) is 2. The number of nitrogens with two attached hydrogens (primary N) is 1. The quantitative estimate of drug-likeness (QED) is 0.389. The van der Waals surface area contributed by atoms with Gasteiger partial charge in [-0.3, -0.25) is 4.79 Å². The third-order valence-corrected chi connectivity index (χ3v) is 1.97. The van der Waals surface area contributed by atoms with E-state index in [9.17, 15) is 4.79 Å². The van der Waals surface area contributed by atoms with E-state index in [4.69, 9.17) is 10.9 Å². The van der Waals surface area contributed by atoms with Gasteiger partial charge in [-0.2, -0.15) is 0 Å². The summed E-state index contributed by atoms with van der Waals surface area (Å²) in [5.74, 6) is -0.789. The second kappa shape index (κ2) is 3.31. The van der Waals surface area contributed by atoms with E-state index < -0.39 is 5.91 Å². The lowest BCUT2D eigenvalue weighted by Gasteiger charge is -1.92. The van der Waals surface area contributed by atoms with E-state index >= 15 is 0 Å². The van der Waals surface area contributed by atoms with Gasteiger partial charge in [-0.1, -0.05) is 5.16 Å². The summed E-state index contributed by atoms with van der Waals surface area (Å²) in [7, 11) is 0. The first-order valence-corrected chi connectivity index (χ1v) is 3.97. The van der Waals surface area contributed by atoms with Crippen LogP contribution >= 0.6 is 11.3 Å². The smallest absolute Gasteiger partial charge is 0.273 e. The number of hydrogen-bond acceptors (Lipinski definition) is 5. The molecule has 12 heavy (non-hydrogen) atoms. The Kier molecular flexibility index (Phi) is 2.39. The van der Waals surface area contributed by atoms with Gasteiger partial charge in [-0.25, -0.2) is 4.98 Å². The highest BCUT2D eigenvalue weighted by molar-refractivity contribution is 7.09. The van der Waals surface area contributed by atoms with E-state index in [1.807, 2.05) is 0 Å². The van der Waals surface area contributed by atoms with Gasteiger partial charge < -0.3 is 10.9 Å². The first-order chi connectivity index (χ1) is 5.65. The number of aromatic nitrogens is 1. The second-order valence-corrected chi connectivity index (χ2v) is 3.13. The molecule has 0 saturated heterocycles. The van der Waals surface area contributed by atoms with Gasteiger partial charge in [0.1, 0.15) is 5.69 Å². The van der Waals surface area contributed by atoms with E-state index in [1.165, 1.54) is 11.3 Å². The largest absolute Gasteiger partial charge is 0.410 e. The van der Waals surface area contributed by atoms with Gasteiger partial charge in [0, 0.05) is 5.38 Å². The fraction of sp³-hybridized carbons (Fsp3) is 0.167. The number of carbonyl (C=O) groups is 1. The second-order valence-electron chi connectivity index (χ2n) is 2.06. The van der Waals surface area contributed by atoms with Crippen molar-refractivity contribution in [2.24, 2.45) is 10.9 Å². The van der Waals surface area contributed by atoms with Gasteiger partial charge in [0.15, 0.2) is 5.71 Å². The van der Waals surface area contributed by atoms with E-state index in [2.05, 4.69) is 10.1 Å². The summed E-state index contributed by atoms with van der Waals surface area (Å²) in [6.45, 7) is 1.78. The van der Waals surface area contributed by atoms with E-state index in [1.54, 1.807) is 12.3 Å². The number of thiazole rings is 1. The van der Waals surface area contributed by atoms with Gasteiger partial charge >= 0.3 is 0 Å². The molecular formula is C6H7N3O2S. The molecule has 6 heteroatoms. The Labute approximate surface area is 72.5 Å². The number of rotatable bonds is 2. The SMILES string of the molecule is Cc1nc(/C(=N\O)C(N)=O)cs1. The lowest BCUT2D eigenvalue weighted by molar-refractivity contribution is -0.112. The molecule has 5 nitrogen and oxygen atoms in total. The van der Waals surface area contributed by atoms with Crippen LogP contribution < -0.4 is 5.73 Å². The predicted molar refractivity (Wildman–Crippen MR) is 44.4 cm³/mol. The Morgan fingerprint density at radius 2 is 2.50 bits per heavy atom. The molecule has 3 N–H and O–H groups in total. The molecule has 1 rings (SSSR count). The van der Waals surface area contributed by atoms with Gasteiger partial charge in [0.25, 0.3) is 5.91 Å². The summed E-state index contributed by atoms with van der Waals surface area (Å²) in [6, 6.07) is 0. The maximum Gasteiger partial charge on any atom is 0.273 e. The van der Waals surface area contributed by atoms with Crippen LogP contribution in [0.15, 0.2) is 10.5 Å². The fourth-order valence-electron chi connectivity index (χ4n) is 0.699. The molecule has 0 aromatic carbocycles. The van der Waals surface area contributed by atoms with Crippen LogP contribution in [0.4, 0.5) is 0 Å². The van der Waals surface area contributed by atoms with Gasteiger partial charge in [-0.15, -0.1) is 11.3 Å². The van der Waals surface area contributed by atoms with E-state index in [0.717, 1.165) is 5.01 Å². The van der Waals surface area contributed by atoms with Gasteiger partial charge in [0.05, 0.1) is 5.01 Å². The maximum absolute atomic E-state index is 10.6. The Balaban J connectivity index is 3.04. The van der Waals surface area contributed by atoms with Crippen LogP contribution in [0.5, 0.6) is 0 Å². The molecule has 0 aliphatic rings. The van der Waals surface area contributed by atoms with Crippen molar-refractivity contribution in [1.29, 1.82) is 0 Å². The average Bonchev–Trinajstić information content (AvgIpc) is 2.37. The highest BCUT2D eigenvalue weighted by Crippen LogP contribution is 2.08. The number of carbonyl (C=O) groups excluding carboxylic acids is 1. The predicted octanol–water partition coefficient (Wildman–Crippen LogP) is 0.115. The monoisotopic (exact) mass is 185 g/mol. The van der Waals surface area contributed by atoms with Crippen molar-refractivity contribution in [3.8, 4) is 0 Å². The molecule has 0 bridgehead atoms. The van der Waals surface area contributed by atoms with Gasteiger partial charge in [0.2, 0.25) is 0 Å². The van der Waals surface area contributed by atoms with Crippen molar-refractivity contribution in [3.63, 3.8) is 0 Å². The number of primary amides is 1. The molecule has 0 atom stereocenters. The fourth-order valence-corrected chi connectivity index (χ4v) is 1.30. The lowest BCUT2D eigenvalue weighted by Crippen LogP contribution is -2.24. The maximum atomic E-state index is 10.6. The minimum absolute atomic E-state index is 0.209. The van der Waals surface area contributed by atoms with Crippen LogP contribution in [0.25, 0.3) is 0 Å². The zero-order valence-electron chi connectivity index (χ0n) is 6.31. The summed E-state index contributed by atoms with van der Waals surface area (Å²) < 4.78 is 0. The molecule has 0 aliphatic carbocycles. The zero-order valence-corrected chi connectivity index (χ0v) is 7.13. The summed E-state index contributed by atoms with van der Waals surface area (Å²) in [5, 5.41) is 13.6. The first-order valence-electron chi connectivity index (χ1n) is 3.09. The topological polar surface area (TPSA) is 88.6 Å². The Hall–Kier alpha value is -1.43. The van der Waals surface area contributed by atoms with Crippen molar-refractivity contribution in [1.82, 2.24) is 4.98 Å². The van der Waals surface area contributed by atoms with E-state index in [0.29, 0.717) is 5.69 Å². The molecule has 0 radical (unpaired) electrons. The zero-order chi connectivity index (χ0) is 9.14. The summed E-state index contributed by atoms with van der Waals surface area (Å²) >= 11 is 1.35. The number of hydrogen-bond donors (Lipinski definition) is 2. The van der Waals surface area contributed by atoms with Crippen molar-refractivity contribution in [2.75, 3.05) is 0 Å². The van der Waals surface area contributed by atoms with Crippen LogP contribution in [0.1, 0.15) is 10.7 Å². The average molecular weight is 185 g/mol. The normalized spacial score (nSPS) is 11.6. The third-order valence-electron chi connectivity index (χ3n) is 1.20. The molecule has 0 spiro atoms. The van der Waals surface area contributed by atoms with Crippen molar-refractivity contribution >= 4 is 23.0 Å². The number of amides is 1. The molecule has 0 aliphatic heterocycles. The van der Waals surface area contributed by atoms with E-state index in [-0.39, 0.29) is 5.71 Å². The van der Waals surface area contributed by atoms with Crippen molar-refractivity contribution in [2.45, 2.75) is 6.92 Å². The number of oxime groups is 1. The standard InChI is InChI=1S/C6H7N3O2S/c1-3-8-4(2-12-3)5(9-11)6(7)10/h2,11H,1H3,(H2,7,10)/b9-5+. The number of aryl methyl sites for hydroxylation is 1. The van der Waals surface area contributed by atoms with Crippen LogP contribution in [0.2, 0.25) is 0 Å². The molecular weight excluding hydrogens is 178 g/mol. The lowest BCUT2D eigenvalue weighted by atomic mass is 10.3. The molecule has 0 fully saturated rings. The summed E-state index contributed by atoms with van der Waals surface area (Å²) in [5.41, 5.74) is 5.03. The van der Waals surface area contributed by atoms with Gasteiger partial charge in [-0.05, 0) is 6.92 Å². The molecule has 1 amide bonds. The molecule has 0 unspecified atom stereocenters. The highest BCUT2D eigenvalue weighted by atomic mass is 32.1. The molecule has 1 aromatic rings. The minimum Gasteiger partial charge on any atom is -0.410 e. The van der Waals surface area contributed by atoms with Crippen molar-refractivity contribution in [3.05, 3.63) is 16.1 Å². The molecule has 1 aromatic heterocycles.